The summed E-state index contributed by atoms with van der Waals surface area (Å²) in [5.41, 5.74) is 8.73. The Morgan fingerprint density at radius 1 is 1.43 bits per heavy atom. The summed E-state index contributed by atoms with van der Waals surface area (Å²) in [7, 11) is 0. The number of azide groups is 1. The number of halogens is 1. The number of hydrogen-bond acceptors (Lipinski definition) is 6. The van der Waals surface area contributed by atoms with Gasteiger partial charge in [0.05, 0.1) is 16.8 Å². The van der Waals surface area contributed by atoms with Crippen LogP contribution < -0.4 is 4.74 Å². The van der Waals surface area contributed by atoms with Crippen molar-refractivity contribution in [3.05, 3.63) is 39.6 Å². The van der Waals surface area contributed by atoms with Gasteiger partial charge in [-0.1, -0.05) is 37.5 Å². The first-order chi connectivity index (χ1) is 13.2. The highest BCUT2D eigenvalue weighted by molar-refractivity contribution is 8.05. The lowest BCUT2D eigenvalue weighted by molar-refractivity contribution is -0.125. The Labute approximate surface area is 170 Å². The normalized spacial score (nSPS) is 22.9. The molecule has 10 heteroatoms. The minimum Gasteiger partial charge on any atom is -0.609 e. The lowest BCUT2D eigenvalue weighted by Gasteiger charge is -2.40. The molecular weight excluding hydrogens is 402 g/mol. The summed E-state index contributed by atoms with van der Waals surface area (Å²) in [6.07, 6.45) is 4.87. The first-order valence-corrected chi connectivity index (χ1v) is 10.6. The zero-order valence-corrected chi connectivity index (χ0v) is 17.5. The van der Waals surface area contributed by atoms with Crippen molar-refractivity contribution >= 4 is 38.7 Å². The number of rotatable bonds is 5. The second-order valence-electron chi connectivity index (χ2n) is 7.41. The van der Waals surface area contributed by atoms with Crippen LogP contribution in [0.25, 0.3) is 21.2 Å². The van der Waals surface area contributed by atoms with Crippen molar-refractivity contribution in [1.82, 2.24) is 9.97 Å². The number of carbonyl (C=O) groups is 1. The number of carbonyl (C=O) groups excluding carboxylic acids is 1. The Hall–Kier alpha value is -2.06. The summed E-state index contributed by atoms with van der Waals surface area (Å²) in [4.78, 5) is 23.4. The van der Waals surface area contributed by atoms with Gasteiger partial charge in [0, 0.05) is 34.4 Å². The van der Waals surface area contributed by atoms with Gasteiger partial charge in [-0.15, -0.1) is 0 Å². The third-order valence-corrected chi connectivity index (χ3v) is 6.29. The topological polar surface area (TPSA) is 124 Å². The third-order valence-electron chi connectivity index (χ3n) is 5.21. The molecule has 0 aromatic carbocycles. The molecule has 8 nitrogen and oxygen atoms in total. The number of aromatic nitrogens is 2. The van der Waals surface area contributed by atoms with Crippen LogP contribution in [-0.4, -0.2) is 32.0 Å². The first-order valence-electron chi connectivity index (χ1n) is 8.70. The van der Waals surface area contributed by atoms with Crippen LogP contribution in [0, 0.1) is 11.8 Å². The molecule has 1 aliphatic rings. The summed E-state index contributed by atoms with van der Waals surface area (Å²) >= 11 is 4.59. The molecule has 3 rings (SSSR count). The molecular formula is C18H20ClN5O3S. The highest BCUT2D eigenvalue weighted by Gasteiger charge is 2.47. The van der Waals surface area contributed by atoms with E-state index in [2.05, 4.69) is 20.0 Å². The molecule has 4 atom stereocenters. The second kappa shape index (κ2) is 7.75. The van der Waals surface area contributed by atoms with Crippen LogP contribution >= 0.6 is 11.6 Å². The van der Waals surface area contributed by atoms with E-state index in [1.54, 1.807) is 32.3 Å². The maximum Gasteiger partial charge on any atom is 0.332 e. The Morgan fingerprint density at radius 2 is 2.14 bits per heavy atom. The molecule has 0 N–H and O–H groups in total. The minimum atomic E-state index is -1.49. The fourth-order valence-corrected chi connectivity index (χ4v) is 4.29. The zero-order chi connectivity index (χ0) is 20.6. The number of hydrogen-bond donors (Lipinski definition) is 0. The molecule has 0 spiro atoms. The molecule has 0 radical (unpaired) electrons. The van der Waals surface area contributed by atoms with E-state index in [1.807, 2.05) is 6.92 Å². The van der Waals surface area contributed by atoms with E-state index in [0.717, 1.165) is 5.39 Å². The Morgan fingerprint density at radius 3 is 2.75 bits per heavy atom. The van der Waals surface area contributed by atoms with E-state index in [4.69, 9.17) is 21.9 Å². The van der Waals surface area contributed by atoms with Gasteiger partial charge in [-0.2, -0.15) is 0 Å². The fraction of sp³-hybridized carbons (Fsp3) is 0.500. The Kier molecular flexibility index (Phi) is 5.72. The number of pyridine rings is 2. The predicted molar refractivity (Wildman–Crippen MR) is 107 cm³/mol. The molecule has 1 fully saturated rings. The van der Waals surface area contributed by atoms with E-state index < -0.39 is 16.7 Å². The van der Waals surface area contributed by atoms with E-state index in [0.29, 0.717) is 28.4 Å². The van der Waals surface area contributed by atoms with Gasteiger partial charge in [0.15, 0.2) is 0 Å². The summed E-state index contributed by atoms with van der Waals surface area (Å²) in [5.74, 6) is 0.0469. The summed E-state index contributed by atoms with van der Waals surface area (Å²) in [6, 6.07) is 1.69. The summed E-state index contributed by atoms with van der Waals surface area (Å²) in [6.45, 7) is 5.47. The maximum atomic E-state index is 12.0. The Bertz CT molecular complexity index is 977. The van der Waals surface area contributed by atoms with Gasteiger partial charge in [-0.25, -0.2) is 14.8 Å². The Balaban J connectivity index is 1.94. The summed E-state index contributed by atoms with van der Waals surface area (Å²) in [5, 5.41) is 5.28. The van der Waals surface area contributed by atoms with Gasteiger partial charge < -0.3 is 9.29 Å². The molecule has 0 amide bonds. The van der Waals surface area contributed by atoms with E-state index in [-0.39, 0.29) is 23.1 Å². The predicted octanol–water partition coefficient (Wildman–Crippen LogP) is 4.14. The zero-order valence-electron chi connectivity index (χ0n) is 15.9. The van der Waals surface area contributed by atoms with Gasteiger partial charge in [0.1, 0.15) is 17.5 Å². The SMILES string of the molecule is C[C@@H]1[C@@H](Oc2ncc(C(C)(C)N=[N+]=[N-])c3cc(Cl)ncc23)C[C@H]1C(=O)[S+](C)[O-]. The van der Waals surface area contributed by atoms with Gasteiger partial charge in [-0.05, 0) is 29.0 Å². The van der Waals surface area contributed by atoms with Crippen molar-refractivity contribution < 1.29 is 14.1 Å². The van der Waals surface area contributed by atoms with E-state index in [9.17, 15) is 9.35 Å². The van der Waals surface area contributed by atoms with Crippen molar-refractivity contribution in [2.24, 2.45) is 17.0 Å². The molecule has 28 heavy (non-hydrogen) atoms. The smallest absolute Gasteiger partial charge is 0.332 e. The average molecular weight is 422 g/mol. The number of ether oxygens (including phenoxy) is 1. The van der Waals surface area contributed by atoms with Crippen LogP contribution in [0.4, 0.5) is 0 Å². The van der Waals surface area contributed by atoms with Crippen molar-refractivity contribution in [1.29, 1.82) is 0 Å². The second-order valence-corrected chi connectivity index (χ2v) is 9.11. The minimum absolute atomic E-state index is 0.0622. The molecule has 2 aromatic heterocycles. The van der Waals surface area contributed by atoms with Crippen molar-refractivity contribution in [3.63, 3.8) is 0 Å². The fourth-order valence-electron chi connectivity index (χ4n) is 3.40. The van der Waals surface area contributed by atoms with Gasteiger partial charge in [-0.3, -0.25) is 0 Å². The average Bonchev–Trinajstić information content (AvgIpc) is 2.63. The van der Waals surface area contributed by atoms with Crippen LogP contribution in [-0.2, 0) is 21.5 Å². The molecule has 1 aliphatic carbocycles. The first kappa shape index (κ1) is 20.7. The molecule has 1 saturated carbocycles. The van der Waals surface area contributed by atoms with Crippen LogP contribution in [0.5, 0.6) is 5.88 Å². The largest absolute Gasteiger partial charge is 0.609 e. The monoisotopic (exact) mass is 421 g/mol. The maximum absolute atomic E-state index is 12.0. The van der Waals surface area contributed by atoms with Gasteiger partial charge in [0.2, 0.25) is 5.88 Å². The molecule has 1 unspecified atom stereocenters. The molecule has 0 saturated heterocycles. The number of nitrogens with zero attached hydrogens (tertiary/aromatic N) is 5. The quantitative estimate of drug-likeness (QED) is 0.236. The molecule has 2 heterocycles. The molecule has 0 aliphatic heterocycles. The lowest BCUT2D eigenvalue weighted by atomic mass is 9.73. The molecule has 2 aromatic rings. The third kappa shape index (κ3) is 3.75. The van der Waals surface area contributed by atoms with Gasteiger partial charge >= 0.3 is 5.12 Å². The molecule has 0 bridgehead atoms. The van der Waals surface area contributed by atoms with Crippen LogP contribution in [0.3, 0.4) is 0 Å². The highest BCUT2D eigenvalue weighted by Crippen LogP contribution is 2.41. The standard InChI is InChI=1S/C18H20ClN5O3S/c1-9-10(17(25)28(4)26)5-14(9)27-16-12-7-21-15(19)6-11(12)13(8-22-16)18(2,3)23-24-20/h6-10,14H,5H2,1-4H3/t9-,10+,14-,28?/m0/s1. The van der Waals surface area contributed by atoms with Crippen LogP contribution in [0.1, 0.15) is 32.8 Å². The van der Waals surface area contributed by atoms with Crippen molar-refractivity contribution in [3.8, 4) is 5.88 Å². The van der Waals surface area contributed by atoms with Gasteiger partial charge in [0.25, 0.3) is 0 Å². The van der Waals surface area contributed by atoms with E-state index in [1.165, 1.54) is 6.26 Å². The summed E-state index contributed by atoms with van der Waals surface area (Å²) < 4.78 is 17.5. The van der Waals surface area contributed by atoms with E-state index >= 15 is 0 Å². The highest BCUT2D eigenvalue weighted by atomic mass is 35.5. The van der Waals surface area contributed by atoms with Crippen molar-refractivity contribution in [2.75, 3.05) is 6.26 Å². The molecule has 148 valence electrons. The number of fused-ring (bicyclic) bond motifs is 1. The lowest BCUT2D eigenvalue weighted by Crippen LogP contribution is -2.48. The van der Waals surface area contributed by atoms with Crippen LogP contribution in [0.2, 0.25) is 5.15 Å². The van der Waals surface area contributed by atoms with Crippen molar-refractivity contribution in [2.45, 2.75) is 38.8 Å². The van der Waals surface area contributed by atoms with Crippen LogP contribution in [0.15, 0.2) is 23.6 Å².